The maximum absolute atomic E-state index is 12.8. The molecule has 140 valence electrons. The van der Waals surface area contributed by atoms with Crippen LogP contribution in [0.2, 0.25) is 5.02 Å². The fourth-order valence-electron chi connectivity index (χ4n) is 3.76. The van der Waals surface area contributed by atoms with Crippen LogP contribution < -0.4 is 0 Å². The van der Waals surface area contributed by atoms with Gasteiger partial charge in [0.05, 0.1) is 23.1 Å². The molecule has 0 N–H and O–H groups in total. The number of carbonyl (C=O) groups is 1. The Morgan fingerprint density at radius 1 is 1.14 bits per heavy atom. The molecule has 6 heteroatoms. The molecule has 2 aromatic rings. The largest absolute Gasteiger partial charge is 0.338 e. The van der Waals surface area contributed by atoms with Gasteiger partial charge < -0.3 is 4.90 Å². The van der Waals surface area contributed by atoms with Crippen molar-refractivity contribution in [1.29, 1.82) is 5.26 Å². The molecule has 2 aromatic carbocycles. The van der Waals surface area contributed by atoms with E-state index < -0.39 is 5.66 Å². The van der Waals surface area contributed by atoms with Crippen LogP contribution in [0.15, 0.2) is 58.5 Å². The van der Waals surface area contributed by atoms with Crippen LogP contribution in [0.4, 0.5) is 0 Å². The van der Waals surface area contributed by atoms with Crippen molar-refractivity contribution >= 4 is 28.9 Å². The molecule has 0 atom stereocenters. The summed E-state index contributed by atoms with van der Waals surface area (Å²) in [7, 11) is 0. The van der Waals surface area contributed by atoms with Crippen molar-refractivity contribution in [2.24, 2.45) is 9.98 Å². The minimum absolute atomic E-state index is 0.0486. The SMILES string of the molecule is CC1=NC2(CCN(C(=O)c3cccc(C#N)c3)CC2)N=C1c1ccc(Cl)cc1. The van der Waals surface area contributed by atoms with Crippen molar-refractivity contribution in [2.75, 3.05) is 13.1 Å². The molecular weight excluding hydrogens is 372 g/mol. The molecule has 4 rings (SSSR count). The number of hydrogen-bond acceptors (Lipinski definition) is 4. The minimum atomic E-state index is -0.482. The zero-order chi connectivity index (χ0) is 19.7. The van der Waals surface area contributed by atoms with Crippen molar-refractivity contribution < 1.29 is 4.79 Å². The average molecular weight is 391 g/mol. The molecule has 0 saturated carbocycles. The van der Waals surface area contributed by atoms with Crippen molar-refractivity contribution in [2.45, 2.75) is 25.4 Å². The maximum Gasteiger partial charge on any atom is 0.253 e. The Morgan fingerprint density at radius 3 is 2.54 bits per heavy atom. The molecule has 0 bridgehead atoms. The fourth-order valence-corrected chi connectivity index (χ4v) is 3.88. The predicted molar refractivity (Wildman–Crippen MR) is 110 cm³/mol. The Hall–Kier alpha value is -2.97. The second-order valence-corrected chi connectivity index (χ2v) is 7.57. The summed E-state index contributed by atoms with van der Waals surface area (Å²) < 4.78 is 0. The summed E-state index contributed by atoms with van der Waals surface area (Å²) in [5.41, 5.74) is 3.39. The van der Waals surface area contributed by atoms with E-state index in [4.69, 9.17) is 26.8 Å². The second kappa shape index (κ2) is 7.21. The number of benzene rings is 2. The smallest absolute Gasteiger partial charge is 0.253 e. The van der Waals surface area contributed by atoms with Crippen molar-refractivity contribution in [3.63, 3.8) is 0 Å². The van der Waals surface area contributed by atoms with E-state index in [1.54, 1.807) is 24.3 Å². The first kappa shape index (κ1) is 18.4. The number of nitriles is 1. The molecule has 5 nitrogen and oxygen atoms in total. The van der Waals surface area contributed by atoms with Crippen LogP contribution in [0.1, 0.15) is 41.3 Å². The molecule has 2 aliphatic rings. The highest BCUT2D eigenvalue weighted by Gasteiger charge is 2.39. The summed E-state index contributed by atoms with van der Waals surface area (Å²) >= 11 is 5.99. The summed E-state index contributed by atoms with van der Waals surface area (Å²) in [6, 6.07) is 16.5. The molecule has 2 aliphatic heterocycles. The molecule has 0 unspecified atom stereocenters. The van der Waals surface area contributed by atoms with Gasteiger partial charge in [0.25, 0.3) is 5.91 Å². The highest BCUT2D eigenvalue weighted by Crippen LogP contribution is 2.34. The van der Waals surface area contributed by atoms with Crippen LogP contribution in [-0.4, -0.2) is 41.0 Å². The quantitative estimate of drug-likeness (QED) is 0.774. The van der Waals surface area contributed by atoms with Gasteiger partial charge in [-0.05, 0) is 37.3 Å². The first-order valence-electron chi connectivity index (χ1n) is 9.22. The molecule has 1 saturated heterocycles. The third-order valence-corrected chi connectivity index (χ3v) is 5.50. The Bertz CT molecular complexity index is 1030. The summed E-state index contributed by atoms with van der Waals surface area (Å²) in [6.07, 6.45) is 1.37. The van der Waals surface area contributed by atoms with E-state index in [2.05, 4.69) is 6.07 Å². The van der Waals surface area contributed by atoms with Crippen molar-refractivity contribution in [3.05, 3.63) is 70.2 Å². The van der Waals surface area contributed by atoms with Gasteiger partial charge in [0.15, 0.2) is 5.66 Å². The fraction of sp³-hybridized carbons (Fsp3) is 0.273. The van der Waals surface area contributed by atoms with Gasteiger partial charge in [-0.1, -0.05) is 29.8 Å². The standard InChI is InChI=1S/C22H19ClN4O/c1-15-20(17-5-7-19(23)8-6-17)26-22(25-15)9-11-27(12-10-22)21(28)18-4-2-3-16(13-18)14-24/h2-8,13H,9-12H2,1H3. The number of aliphatic imine (C=N–C) groups is 2. The predicted octanol–water partition coefficient (Wildman–Crippen LogP) is 4.11. The van der Waals surface area contributed by atoms with Gasteiger partial charge in [0.1, 0.15) is 0 Å². The van der Waals surface area contributed by atoms with E-state index in [1.165, 1.54) is 0 Å². The molecule has 0 aromatic heterocycles. The second-order valence-electron chi connectivity index (χ2n) is 7.13. The third kappa shape index (κ3) is 3.44. The van der Waals surface area contributed by atoms with E-state index in [0.29, 0.717) is 42.1 Å². The van der Waals surface area contributed by atoms with Crippen molar-refractivity contribution in [3.8, 4) is 6.07 Å². The maximum atomic E-state index is 12.8. The van der Waals surface area contributed by atoms with Crippen LogP contribution in [0.25, 0.3) is 0 Å². The minimum Gasteiger partial charge on any atom is -0.338 e. The number of halogens is 1. The summed E-state index contributed by atoms with van der Waals surface area (Å²) in [5.74, 6) is -0.0486. The monoisotopic (exact) mass is 390 g/mol. The zero-order valence-electron chi connectivity index (χ0n) is 15.5. The third-order valence-electron chi connectivity index (χ3n) is 5.25. The highest BCUT2D eigenvalue weighted by atomic mass is 35.5. The van der Waals surface area contributed by atoms with E-state index in [1.807, 2.05) is 36.1 Å². The first-order valence-corrected chi connectivity index (χ1v) is 9.60. The number of hydrogen-bond donors (Lipinski definition) is 0. The van der Waals surface area contributed by atoms with E-state index >= 15 is 0 Å². The molecule has 1 amide bonds. The molecule has 28 heavy (non-hydrogen) atoms. The van der Waals surface area contributed by atoms with Crippen LogP contribution in [0.3, 0.4) is 0 Å². The molecule has 0 radical (unpaired) electrons. The van der Waals surface area contributed by atoms with Gasteiger partial charge in [-0.3, -0.25) is 14.8 Å². The van der Waals surface area contributed by atoms with E-state index in [9.17, 15) is 4.79 Å². The zero-order valence-corrected chi connectivity index (χ0v) is 16.3. The Balaban J connectivity index is 1.50. The lowest BCUT2D eigenvalue weighted by atomic mass is 9.97. The molecule has 1 spiro atoms. The summed E-state index contributed by atoms with van der Waals surface area (Å²) in [6.45, 7) is 3.15. The lowest BCUT2D eigenvalue weighted by molar-refractivity contribution is 0.0679. The number of piperidine rings is 1. The molecule has 1 fully saturated rings. The average Bonchev–Trinajstić information content (AvgIpc) is 3.04. The van der Waals surface area contributed by atoms with Gasteiger partial charge >= 0.3 is 0 Å². The lowest BCUT2D eigenvalue weighted by Crippen LogP contribution is -2.44. The summed E-state index contributed by atoms with van der Waals surface area (Å²) in [5, 5.41) is 9.73. The van der Waals surface area contributed by atoms with Crippen LogP contribution >= 0.6 is 11.6 Å². The Morgan fingerprint density at radius 2 is 1.86 bits per heavy atom. The molecular formula is C22H19ClN4O. The molecule has 0 aliphatic carbocycles. The van der Waals surface area contributed by atoms with Crippen LogP contribution in [0.5, 0.6) is 0 Å². The topological polar surface area (TPSA) is 68.8 Å². The highest BCUT2D eigenvalue weighted by molar-refractivity contribution is 6.48. The number of carbonyl (C=O) groups excluding carboxylic acids is 1. The number of amides is 1. The van der Waals surface area contributed by atoms with Gasteiger partial charge in [-0.15, -0.1) is 0 Å². The lowest BCUT2D eigenvalue weighted by Gasteiger charge is -2.35. The van der Waals surface area contributed by atoms with Gasteiger partial charge in [-0.25, -0.2) is 0 Å². The Labute approximate surface area is 169 Å². The van der Waals surface area contributed by atoms with Gasteiger partial charge in [-0.2, -0.15) is 5.26 Å². The van der Waals surface area contributed by atoms with Crippen molar-refractivity contribution in [1.82, 2.24) is 4.90 Å². The van der Waals surface area contributed by atoms with Crippen LogP contribution in [-0.2, 0) is 0 Å². The first-order chi connectivity index (χ1) is 13.5. The summed E-state index contributed by atoms with van der Waals surface area (Å²) in [4.78, 5) is 24.4. The molecule has 2 heterocycles. The number of likely N-dealkylation sites (tertiary alicyclic amines) is 1. The Kier molecular flexibility index (Phi) is 4.74. The van der Waals surface area contributed by atoms with Gasteiger partial charge in [0, 0.05) is 42.1 Å². The van der Waals surface area contributed by atoms with Crippen LogP contribution in [0, 0.1) is 11.3 Å². The normalized spacial score (nSPS) is 17.8. The van der Waals surface area contributed by atoms with Gasteiger partial charge in [0.2, 0.25) is 0 Å². The number of rotatable bonds is 2. The van der Waals surface area contributed by atoms with E-state index in [-0.39, 0.29) is 5.91 Å². The van der Waals surface area contributed by atoms with E-state index in [0.717, 1.165) is 17.0 Å². The number of nitrogens with zero attached hydrogens (tertiary/aromatic N) is 4.